The van der Waals surface area contributed by atoms with Gasteiger partial charge in [0.2, 0.25) is 0 Å². The smallest absolute Gasteiger partial charge is 0.323 e. The number of urea groups is 1. The van der Waals surface area contributed by atoms with Gasteiger partial charge >= 0.3 is 12.0 Å². The molecule has 3 N–H and O–H groups in total. The summed E-state index contributed by atoms with van der Waals surface area (Å²) in [5.74, 6) is 0.575. The first-order valence-corrected chi connectivity index (χ1v) is 5.24. The van der Waals surface area contributed by atoms with Crippen LogP contribution in [0.25, 0.3) is 0 Å². The minimum atomic E-state index is -1.05. The van der Waals surface area contributed by atoms with E-state index in [2.05, 4.69) is 17.2 Å². The van der Waals surface area contributed by atoms with Gasteiger partial charge in [0.15, 0.2) is 0 Å². The van der Waals surface area contributed by atoms with Gasteiger partial charge in [-0.15, -0.1) is 6.58 Å². The van der Waals surface area contributed by atoms with E-state index in [1.165, 1.54) is 0 Å². The number of aliphatic carboxylic acids is 1. The van der Waals surface area contributed by atoms with Crippen molar-refractivity contribution in [2.75, 3.05) is 24.6 Å². The van der Waals surface area contributed by atoms with Crippen LogP contribution in [-0.4, -0.2) is 41.7 Å². The van der Waals surface area contributed by atoms with Crippen LogP contribution in [0.1, 0.15) is 0 Å². The maximum Gasteiger partial charge on any atom is 0.323 e. The number of carbonyl (C=O) groups is 2. The van der Waals surface area contributed by atoms with Gasteiger partial charge in [0.25, 0.3) is 0 Å². The van der Waals surface area contributed by atoms with Crippen molar-refractivity contribution in [3.63, 3.8) is 0 Å². The summed E-state index contributed by atoms with van der Waals surface area (Å²) in [5.41, 5.74) is 0. The molecule has 0 saturated carbocycles. The number of carboxylic acids is 1. The van der Waals surface area contributed by atoms with E-state index in [1.54, 1.807) is 17.8 Å². The minimum absolute atomic E-state index is 0.356. The summed E-state index contributed by atoms with van der Waals surface area (Å²) in [5, 5.41) is 13.0. The molecule has 0 aromatic carbocycles. The second-order valence-corrected chi connectivity index (χ2v) is 3.52. The molecule has 0 radical (unpaired) electrons. The van der Waals surface area contributed by atoms with Crippen LogP contribution in [0.4, 0.5) is 4.79 Å². The standard InChI is InChI=1S/C8H14N2O3S/c1-2-4-14-5-3-9-8(13)10-6-7(11)12/h2H,1,3-6H2,(H,11,12)(H2,9,10,13). The van der Waals surface area contributed by atoms with Crippen LogP contribution in [-0.2, 0) is 4.79 Å². The number of carbonyl (C=O) groups excluding carboxylic acids is 1. The molecule has 0 fully saturated rings. The Morgan fingerprint density at radius 1 is 1.43 bits per heavy atom. The van der Waals surface area contributed by atoms with Gasteiger partial charge in [-0.3, -0.25) is 4.79 Å². The normalized spacial score (nSPS) is 9.14. The van der Waals surface area contributed by atoms with Gasteiger partial charge in [0, 0.05) is 18.1 Å². The number of hydrogen-bond acceptors (Lipinski definition) is 3. The fraction of sp³-hybridized carbons (Fsp3) is 0.500. The van der Waals surface area contributed by atoms with E-state index in [-0.39, 0.29) is 6.54 Å². The second-order valence-electron chi connectivity index (χ2n) is 2.37. The largest absolute Gasteiger partial charge is 0.480 e. The van der Waals surface area contributed by atoms with Crippen molar-refractivity contribution in [3.8, 4) is 0 Å². The Balaban J connectivity index is 3.26. The van der Waals surface area contributed by atoms with Crippen molar-refractivity contribution in [3.05, 3.63) is 12.7 Å². The third-order valence-corrected chi connectivity index (χ3v) is 2.13. The van der Waals surface area contributed by atoms with Gasteiger partial charge in [-0.2, -0.15) is 11.8 Å². The molecule has 0 heterocycles. The molecule has 0 unspecified atom stereocenters. The quantitative estimate of drug-likeness (QED) is 0.424. The fourth-order valence-corrected chi connectivity index (χ4v) is 1.20. The predicted molar refractivity (Wildman–Crippen MR) is 56.6 cm³/mol. The number of thioether (sulfide) groups is 1. The maximum atomic E-state index is 10.9. The molecule has 0 rings (SSSR count). The highest BCUT2D eigenvalue weighted by Gasteiger charge is 2.01. The van der Waals surface area contributed by atoms with Crippen LogP contribution in [0.2, 0.25) is 0 Å². The number of amides is 2. The van der Waals surface area contributed by atoms with Gasteiger partial charge in [0.05, 0.1) is 0 Å². The van der Waals surface area contributed by atoms with E-state index in [0.717, 1.165) is 11.5 Å². The van der Waals surface area contributed by atoms with Crippen LogP contribution in [0.15, 0.2) is 12.7 Å². The molecule has 80 valence electrons. The average molecular weight is 218 g/mol. The lowest BCUT2D eigenvalue weighted by molar-refractivity contribution is -0.135. The predicted octanol–water partition coefficient (Wildman–Crippen LogP) is 0.289. The molecule has 0 aromatic heterocycles. The van der Waals surface area contributed by atoms with E-state index < -0.39 is 12.0 Å². The highest BCUT2D eigenvalue weighted by Crippen LogP contribution is 1.96. The van der Waals surface area contributed by atoms with E-state index in [1.807, 2.05) is 0 Å². The topological polar surface area (TPSA) is 78.4 Å². The molecule has 0 saturated heterocycles. The van der Waals surface area contributed by atoms with Gasteiger partial charge in [-0.25, -0.2) is 4.79 Å². The molecule has 2 amide bonds. The Hall–Kier alpha value is -1.17. The first-order valence-electron chi connectivity index (χ1n) is 4.09. The third-order valence-electron chi connectivity index (χ3n) is 1.17. The summed E-state index contributed by atoms with van der Waals surface area (Å²) >= 11 is 1.64. The lowest BCUT2D eigenvalue weighted by atomic mass is 10.6. The Kier molecular flexibility index (Phi) is 7.72. The van der Waals surface area contributed by atoms with Crippen molar-refractivity contribution in [1.29, 1.82) is 0 Å². The minimum Gasteiger partial charge on any atom is -0.480 e. The third kappa shape index (κ3) is 8.92. The SMILES string of the molecule is C=CCSCCNC(=O)NCC(=O)O. The van der Waals surface area contributed by atoms with Gasteiger partial charge < -0.3 is 15.7 Å². The van der Waals surface area contributed by atoms with Crippen LogP contribution < -0.4 is 10.6 Å². The van der Waals surface area contributed by atoms with E-state index in [0.29, 0.717) is 6.54 Å². The van der Waals surface area contributed by atoms with Gasteiger partial charge in [0.1, 0.15) is 6.54 Å². The molecule has 0 spiro atoms. The molecule has 5 nitrogen and oxygen atoms in total. The lowest BCUT2D eigenvalue weighted by Gasteiger charge is -2.04. The zero-order chi connectivity index (χ0) is 10.8. The molecule has 0 aliphatic heterocycles. The summed E-state index contributed by atoms with van der Waals surface area (Å²) in [7, 11) is 0. The Morgan fingerprint density at radius 2 is 2.14 bits per heavy atom. The molecule has 6 heteroatoms. The first kappa shape index (κ1) is 12.8. The van der Waals surface area contributed by atoms with Crippen molar-refractivity contribution in [2.45, 2.75) is 0 Å². The van der Waals surface area contributed by atoms with Crippen molar-refractivity contribution in [1.82, 2.24) is 10.6 Å². The summed E-state index contributed by atoms with van der Waals surface area (Å²) < 4.78 is 0. The van der Waals surface area contributed by atoms with E-state index in [9.17, 15) is 9.59 Å². The maximum absolute atomic E-state index is 10.9. The molecule has 0 bridgehead atoms. The Labute approximate surface area is 86.9 Å². The number of rotatable bonds is 7. The average Bonchev–Trinajstić information content (AvgIpc) is 2.14. The Bertz CT molecular complexity index is 209. The van der Waals surface area contributed by atoms with Crippen molar-refractivity contribution >= 4 is 23.8 Å². The van der Waals surface area contributed by atoms with E-state index in [4.69, 9.17) is 5.11 Å². The zero-order valence-corrected chi connectivity index (χ0v) is 8.60. The monoisotopic (exact) mass is 218 g/mol. The highest BCUT2D eigenvalue weighted by atomic mass is 32.2. The first-order chi connectivity index (χ1) is 6.66. The molecule has 0 aliphatic carbocycles. The number of hydrogen-bond donors (Lipinski definition) is 3. The molecular formula is C8H14N2O3S. The summed E-state index contributed by atoms with van der Waals surface area (Å²) in [6, 6.07) is -0.452. The Morgan fingerprint density at radius 3 is 2.71 bits per heavy atom. The summed E-state index contributed by atoms with van der Waals surface area (Å²) in [6.45, 7) is 3.72. The van der Waals surface area contributed by atoms with E-state index >= 15 is 0 Å². The molecule has 0 atom stereocenters. The second kappa shape index (κ2) is 8.43. The van der Waals surface area contributed by atoms with Gasteiger partial charge in [-0.1, -0.05) is 6.08 Å². The number of carboxylic acid groups (broad SMARTS) is 1. The highest BCUT2D eigenvalue weighted by molar-refractivity contribution is 7.99. The molecule has 0 aromatic rings. The van der Waals surface area contributed by atoms with Crippen LogP contribution in [0.3, 0.4) is 0 Å². The summed E-state index contributed by atoms with van der Waals surface area (Å²) in [6.07, 6.45) is 1.79. The molecule has 0 aliphatic rings. The fourth-order valence-electron chi connectivity index (χ4n) is 0.622. The summed E-state index contributed by atoms with van der Waals surface area (Å²) in [4.78, 5) is 20.9. The van der Waals surface area contributed by atoms with Gasteiger partial charge in [-0.05, 0) is 0 Å². The van der Waals surface area contributed by atoms with Crippen molar-refractivity contribution in [2.24, 2.45) is 0 Å². The zero-order valence-electron chi connectivity index (χ0n) is 7.78. The van der Waals surface area contributed by atoms with Crippen LogP contribution in [0.5, 0.6) is 0 Å². The lowest BCUT2D eigenvalue weighted by Crippen LogP contribution is -2.39. The van der Waals surface area contributed by atoms with Crippen LogP contribution >= 0.6 is 11.8 Å². The molecule has 14 heavy (non-hydrogen) atoms. The van der Waals surface area contributed by atoms with Crippen molar-refractivity contribution < 1.29 is 14.7 Å². The van der Waals surface area contributed by atoms with Crippen LogP contribution in [0, 0.1) is 0 Å². The molecular weight excluding hydrogens is 204 g/mol. The number of nitrogens with one attached hydrogen (secondary N) is 2.